The van der Waals surface area contributed by atoms with Gasteiger partial charge >= 0.3 is 0 Å². The summed E-state index contributed by atoms with van der Waals surface area (Å²) in [6.45, 7) is 2.46. The third-order valence-electron chi connectivity index (χ3n) is 7.55. The van der Waals surface area contributed by atoms with Gasteiger partial charge in [0.25, 0.3) is 0 Å². The molecule has 6 heteroatoms. The fraction of sp³-hybridized carbons (Fsp3) is 0.296. The van der Waals surface area contributed by atoms with Crippen LogP contribution in [0.1, 0.15) is 43.0 Å². The molecule has 2 aliphatic carbocycles. The maximum absolute atomic E-state index is 13.4. The number of aromatic nitrogens is 2. The number of fused-ring (bicyclic) bond motifs is 3. The maximum Gasteiger partial charge on any atom is 0.123 e. The number of nitrogens with zero attached hydrogens (tertiary/aromatic N) is 2. The molecule has 4 aromatic rings. The fourth-order valence-corrected chi connectivity index (χ4v) is 6.74. The summed E-state index contributed by atoms with van der Waals surface area (Å²) in [4.78, 5) is 0. The number of benzene rings is 2. The predicted octanol–water partition coefficient (Wildman–Crippen LogP) is 7.00. The molecule has 2 aromatic carbocycles. The van der Waals surface area contributed by atoms with Gasteiger partial charge in [0.1, 0.15) is 5.82 Å². The second-order valence-corrected chi connectivity index (χ2v) is 10.1. The van der Waals surface area contributed by atoms with Gasteiger partial charge in [0, 0.05) is 4.70 Å². The number of thiophene rings is 1. The van der Waals surface area contributed by atoms with Crippen molar-refractivity contribution in [1.29, 1.82) is 0 Å². The number of allylic oxidation sites excluding steroid dienone is 1. The van der Waals surface area contributed by atoms with Gasteiger partial charge in [-0.05, 0) is 102 Å². The molecule has 0 bridgehead atoms. The van der Waals surface area contributed by atoms with Gasteiger partial charge in [-0.15, -0.1) is 24.2 Å². The third-order valence-corrected chi connectivity index (χ3v) is 8.56. The van der Waals surface area contributed by atoms with E-state index in [0.29, 0.717) is 5.92 Å². The third kappa shape index (κ3) is 3.94. The molecular formula is C27H28FN3S2. The highest BCUT2D eigenvalue weighted by Crippen LogP contribution is 2.54. The van der Waals surface area contributed by atoms with Crippen LogP contribution in [-0.2, 0) is 12.8 Å². The van der Waals surface area contributed by atoms with E-state index >= 15 is 0 Å². The van der Waals surface area contributed by atoms with Crippen molar-refractivity contribution < 1.29 is 4.39 Å². The Morgan fingerprint density at radius 3 is 2.79 bits per heavy atom. The number of hydrogen-bond acceptors (Lipinski definition) is 4. The van der Waals surface area contributed by atoms with Gasteiger partial charge in [0.15, 0.2) is 0 Å². The van der Waals surface area contributed by atoms with E-state index in [4.69, 9.17) is 0 Å². The average molecular weight is 478 g/mol. The molecule has 0 saturated heterocycles. The van der Waals surface area contributed by atoms with Crippen molar-refractivity contribution in [3.05, 3.63) is 88.3 Å². The molecule has 0 radical (unpaired) electrons. The van der Waals surface area contributed by atoms with Crippen molar-refractivity contribution >= 4 is 40.3 Å². The number of hydrogen-bond donors (Lipinski definition) is 2. The summed E-state index contributed by atoms with van der Waals surface area (Å²) in [5, 5.41) is 12.6. The van der Waals surface area contributed by atoms with E-state index in [1.54, 1.807) is 17.7 Å². The van der Waals surface area contributed by atoms with Crippen LogP contribution in [0, 0.1) is 17.2 Å². The molecular weight excluding hydrogens is 449 g/mol. The van der Waals surface area contributed by atoms with Crippen molar-refractivity contribution in [2.75, 3.05) is 0 Å². The zero-order chi connectivity index (χ0) is 23.0. The predicted molar refractivity (Wildman–Crippen MR) is 139 cm³/mol. The van der Waals surface area contributed by atoms with Gasteiger partial charge in [0.05, 0.1) is 17.6 Å². The lowest BCUT2D eigenvalue weighted by Crippen LogP contribution is -2.29. The molecule has 6 rings (SSSR count). The number of thiol groups is 1. The standard InChI is InChI=1S/C27H25FN2S.H3NS/c1-27-15-19-16-29-30(23-12-10-22(28)11-13-23)25(19)14-21(27)9-8-20(27)7-6-18-17-31-26-5-3-2-4-24(18)26;1-2/h2-5,10-14,16-17,20H,6-9,15H2,1H3;2H,1H2/t20?,27-;/m1./s1. The van der Waals surface area contributed by atoms with E-state index in [1.807, 2.05) is 22.2 Å². The lowest BCUT2D eigenvalue weighted by molar-refractivity contribution is 0.256. The molecule has 2 atom stereocenters. The van der Waals surface area contributed by atoms with Crippen molar-refractivity contribution in [2.24, 2.45) is 16.5 Å². The minimum atomic E-state index is -0.215. The molecule has 1 unspecified atom stereocenters. The first kappa shape index (κ1) is 22.4. The highest BCUT2D eigenvalue weighted by Gasteiger charge is 2.45. The lowest BCUT2D eigenvalue weighted by atomic mass is 9.68. The second-order valence-electron chi connectivity index (χ2n) is 9.24. The lowest BCUT2D eigenvalue weighted by Gasteiger charge is -2.36. The van der Waals surface area contributed by atoms with Crippen LogP contribution in [0.5, 0.6) is 0 Å². The summed E-state index contributed by atoms with van der Waals surface area (Å²) in [6, 6.07) is 15.4. The van der Waals surface area contributed by atoms with Crippen LogP contribution < -0.4 is 5.14 Å². The Labute approximate surface area is 203 Å². The Morgan fingerprint density at radius 2 is 1.97 bits per heavy atom. The van der Waals surface area contributed by atoms with Crippen LogP contribution in [0.15, 0.2) is 65.7 Å². The summed E-state index contributed by atoms with van der Waals surface area (Å²) in [5.74, 6) is 0.479. The van der Waals surface area contributed by atoms with E-state index in [-0.39, 0.29) is 11.2 Å². The minimum absolute atomic E-state index is 0.215. The van der Waals surface area contributed by atoms with E-state index in [0.717, 1.165) is 18.5 Å². The molecule has 0 spiro atoms. The first-order valence-electron chi connectivity index (χ1n) is 11.4. The molecule has 1 saturated carbocycles. The van der Waals surface area contributed by atoms with Crippen molar-refractivity contribution in [2.45, 2.75) is 39.0 Å². The molecule has 2 aromatic heterocycles. The summed E-state index contributed by atoms with van der Waals surface area (Å²) < 4.78 is 16.7. The fourth-order valence-electron chi connectivity index (χ4n) is 5.74. The number of rotatable bonds is 4. The van der Waals surface area contributed by atoms with Crippen molar-refractivity contribution in [3.8, 4) is 5.69 Å². The van der Waals surface area contributed by atoms with Gasteiger partial charge in [-0.25, -0.2) is 9.07 Å². The number of nitrogens with two attached hydrogens (primary N) is 1. The van der Waals surface area contributed by atoms with Crippen LogP contribution in [0.3, 0.4) is 0 Å². The Bertz CT molecular complexity index is 1300. The number of halogens is 1. The minimum Gasteiger partial charge on any atom is -0.281 e. The van der Waals surface area contributed by atoms with Crippen molar-refractivity contribution in [3.63, 3.8) is 0 Å². The second kappa shape index (κ2) is 9.09. The smallest absolute Gasteiger partial charge is 0.123 e. The molecule has 1 fully saturated rings. The van der Waals surface area contributed by atoms with Crippen LogP contribution in [0.25, 0.3) is 21.8 Å². The highest BCUT2D eigenvalue weighted by molar-refractivity contribution is 7.77. The van der Waals surface area contributed by atoms with Gasteiger partial charge < -0.3 is 0 Å². The van der Waals surface area contributed by atoms with E-state index in [1.165, 1.54) is 58.3 Å². The highest BCUT2D eigenvalue weighted by atomic mass is 32.1. The molecule has 2 N–H and O–H groups in total. The average Bonchev–Trinajstić information content (AvgIpc) is 3.53. The summed E-state index contributed by atoms with van der Waals surface area (Å²) in [5.41, 5.74) is 6.68. The molecule has 0 aliphatic heterocycles. The topological polar surface area (TPSA) is 43.8 Å². The molecule has 2 aliphatic rings. The van der Waals surface area contributed by atoms with E-state index in [9.17, 15) is 4.39 Å². The van der Waals surface area contributed by atoms with Crippen LogP contribution in [-0.4, -0.2) is 9.78 Å². The monoisotopic (exact) mass is 477 g/mol. The Morgan fingerprint density at radius 1 is 1.18 bits per heavy atom. The van der Waals surface area contributed by atoms with Crippen molar-refractivity contribution in [1.82, 2.24) is 9.78 Å². The Hall–Kier alpha value is -2.41. The maximum atomic E-state index is 13.4. The van der Waals surface area contributed by atoms with Gasteiger partial charge in [0.2, 0.25) is 0 Å². The zero-order valence-electron chi connectivity index (χ0n) is 18.7. The molecule has 33 heavy (non-hydrogen) atoms. The summed E-state index contributed by atoms with van der Waals surface area (Å²) in [6.07, 6.45) is 10.2. The SMILES string of the molecule is C[C@]12Cc3cnn(-c4ccc(F)cc4)c3C=C1CCC2CCc1csc2ccccc12.NS. The van der Waals surface area contributed by atoms with Crippen LogP contribution >= 0.6 is 24.2 Å². The Kier molecular flexibility index (Phi) is 6.16. The zero-order valence-corrected chi connectivity index (χ0v) is 20.4. The molecule has 170 valence electrons. The molecule has 3 nitrogen and oxygen atoms in total. The quantitative estimate of drug-likeness (QED) is 0.311. The van der Waals surface area contributed by atoms with Crippen LogP contribution in [0.4, 0.5) is 4.39 Å². The number of aryl methyl sites for hydroxylation is 1. The van der Waals surface area contributed by atoms with Gasteiger partial charge in [-0.1, -0.05) is 30.7 Å². The Balaban J connectivity index is 0.00000111. The normalized spacial score (nSPS) is 21.2. The van der Waals surface area contributed by atoms with Gasteiger partial charge in [-0.3, -0.25) is 5.14 Å². The largest absolute Gasteiger partial charge is 0.281 e. The van der Waals surface area contributed by atoms with E-state index in [2.05, 4.69) is 65.7 Å². The first-order chi connectivity index (χ1) is 16.1. The molecule has 0 amide bonds. The summed E-state index contributed by atoms with van der Waals surface area (Å²) >= 11 is 4.89. The first-order valence-corrected chi connectivity index (χ1v) is 12.8. The molecule has 2 heterocycles. The van der Waals surface area contributed by atoms with Crippen LogP contribution in [0.2, 0.25) is 0 Å². The van der Waals surface area contributed by atoms with E-state index < -0.39 is 0 Å². The summed E-state index contributed by atoms with van der Waals surface area (Å²) in [7, 11) is 0. The van der Waals surface area contributed by atoms with Gasteiger partial charge in [-0.2, -0.15) is 5.10 Å².